The van der Waals surface area contributed by atoms with Crippen LogP contribution in [0, 0.1) is 0 Å². The minimum atomic E-state index is -0.330. The van der Waals surface area contributed by atoms with Crippen LogP contribution in [0.1, 0.15) is 18.5 Å². The van der Waals surface area contributed by atoms with Gasteiger partial charge in [0.15, 0.2) is 5.78 Å². The fraction of sp³-hybridized carbons (Fsp3) is 0.231. The van der Waals surface area contributed by atoms with Crippen molar-refractivity contribution in [2.45, 2.75) is 13.0 Å². The Bertz CT molecular complexity index is 400. The molecule has 1 atom stereocenters. The molecule has 0 radical (unpaired) electrons. The molecule has 1 saturated heterocycles. The highest BCUT2D eigenvalue weighted by Gasteiger charge is 2.22. The molecule has 1 aromatic carbocycles. The summed E-state index contributed by atoms with van der Waals surface area (Å²) < 4.78 is 4.77. The highest BCUT2D eigenvalue weighted by molar-refractivity contribution is 5.86. The Hall–Kier alpha value is -2.10. The van der Waals surface area contributed by atoms with Crippen molar-refractivity contribution in [2.75, 3.05) is 6.61 Å². The number of carbonyl (C=O) groups excluding carboxylic acids is 2. The summed E-state index contributed by atoms with van der Waals surface area (Å²) in [6.07, 6.45) is 0.948. The third-order valence-corrected chi connectivity index (χ3v) is 2.16. The van der Waals surface area contributed by atoms with E-state index in [4.69, 9.17) is 4.74 Å². The van der Waals surface area contributed by atoms with E-state index in [9.17, 15) is 9.59 Å². The highest BCUT2D eigenvalue weighted by Crippen LogP contribution is 2.16. The van der Waals surface area contributed by atoms with E-state index in [2.05, 4.69) is 11.9 Å². The van der Waals surface area contributed by atoms with Crippen LogP contribution in [0.4, 0.5) is 4.79 Å². The predicted octanol–water partition coefficient (Wildman–Crippen LogP) is 2.23. The van der Waals surface area contributed by atoms with Crippen LogP contribution >= 0.6 is 0 Å². The zero-order valence-electron chi connectivity index (χ0n) is 9.68. The first-order valence-corrected chi connectivity index (χ1v) is 5.24. The molecule has 1 fully saturated rings. The molecule has 2 rings (SSSR count). The number of rotatable bonds is 2. The van der Waals surface area contributed by atoms with Crippen LogP contribution in [-0.4, -0.2) is 18.5 Å². The normalized spacial score (nSPS) is 17.2. The zero-order valence-corrected chi connectivity index (χ0v) is 9.68. The summed E-state index contributed by atoms with van der Waals surface area (Å²) in [6, 6.07) is 9.80. The Labute approximate surface area is 100 Å². The van der Waals surface area contributed by atoms with Gasteiger partial charge in [-0.05, 0) is 18.6 Å². The van der Waals surface area contributed by atoms with Gasteiger partial charge >= 0.3 is 6.09 Å². The molecule has 0 aliphatic carbocycles. The molecule has 0 saturated carbocycles. The number of hydrogen-bond acceptors (Lipinski definition) is 3. The Kier molecular flexibility index (Phi) is 4.94. The van der Waals surface area contributed by atoms with E-state index >= 15 is 0 Å². The van der Waals surface area contributed by atoms with Gasteiger partial charge in [-0.3, -0.25) is 4.79 Å². The number of alkyl carbamates (subject to hydrolysis) is 1. The van der Waals surface area contributed by atoms with Crippen LogP contribution in [0.5, 0.6) is 0 Å². The largest absolute Gasteiger partial charge is 0.447 e. The van der Waals surface area contributed by atoms with Crippen molar-refractivity contribution >= 4 is 11.9 Å². The smallest absolute Gasteiger partial charge is 0.407 e. The second kappa shape index (κ2) is 6.48. The van der Waals surface area contributed by atoms with Gasteiger partial charge in [-0.15, -0.1) is 0 Å². The van der Waals surface area contributed by atoms with E-state index in [1.165, 1.54) is 13.0 Å². The fourth-order valence-corrected chi connectivity index (χ4v) is 1.25. The number of ketones is 1. The third kappa shape index (κ3) is 4.51. The van der Waals surface area contributed by atoms with Crippen molar-refractivity contribution in [3.63, 3.8) is 0 Å². The van der Waals surface area contributed by atoms with Gasteiger partial charge in [0.05, 0.1) is 6.04 Å². The number of amides is 1. The number of hydrogen-bond donors (Lipinski definition) is 1. The summed E-state index contributed by atoms with van der Waals surface area (Å²) in [4.78, 5) is 20.4. The first-order valence-electron chi connectivity index (χ1n) is 5.24. The summed E-state index contributed by atoms with van der Waals surface area (Å²) in [6.45, 7) is 5.11. The summed E-state index contributed by atoms with van der Waals surface area (Å²) in [5.41, 5.74) is 1.09. The molecule has 1 amide bonds. The van der Waals surface area contributed by atoms with Gasteiger partial charge < -0.3 is 10.1 Å². The van der Waals surface area contributed by atoms with E-state index in [1.54, 1.807) is 0 Å². The summed E-state index contributed by atoms with van der Waals surface area (Å²) in [7, 11) is 0. The van der Waals surface area contributed by atoms with Gasteiger partial charge in [0.25, 0.3) is 0 Å². The highest BCUT2D eigenvalue weighted by atomic mass is 16.6. The van der Waals surface area contributed by atoms with Gasteiger partial charge in [-0.25, -0.2) is 4.79 Å². The molecule has 1 heterocycles. The van der Waals surface area contributed by atoms with Crippen molar-refractivity contribution < 1.29 is 14.3 Å². The molecule has 4 heteroatoms. The lowest BCUT2D eigenvalue weighted by atomic mass is 10.1. The molecular weight excluding hydrogens is 218 g/mol. The van der Waals surface area contributed by atoms with E-state index in [0.717, 1.165) is 5.56 Å². The Balaban J connectivity index is 0.000000249. The topological polar surface area (TPSA) is 55.4 Å². The maximum absolute atomic E-state index is 10.7. The maximum atomic E-state index is 10.7. The summed E-state index contributed by atoms with van der Waals surface area (Å²) in [5.74, 6) is 0.0185. The van der Waals surface area contributed by atoms with Crippen LogP contribution in [0.15, 0.2) is 43.0 Å². The quantitative estimate of drug-likeness (QED) is 0.797. The molecule has 1 aliphatic heterocycles. The standard InChI is InChI=1S/C9H9NO2.C4H6O/c11-9-10-8(6-12-9)7-4-2-1-3-5-7;1-3-4(2)5/h1-5,8H,6H2,(H,10,11);3H,1H2,2H3/t8-;/m1./s1. The third-order valence-electron chi connectivity index (χ3n) is 2.16. The van der Waals surface area contributed by atoms with Crippen molar-refractivity contribution in [2.24, 2.45) is 0 Å². The van der Waals surface area contributed by atoms with Crippen molar-refractivity contribution in [1.29, 1.82) is 0 Å². The first-order chi connectivity index (χ1) is 8.13. The van der Waals surface area contributed by atoms with Crippen molar-refractivity contribution in [3.8, 4) is 0 Å². The Morgan fingerprint density at radius 1 is 1.47 bits per heavy atom. The van der Waals surface area contributed by atoms with Gasteiger partial charge in [0, 0.05) is 0 Å². The molecule has 0 unspecified atom stereocenters. The van der Waals surface area contributed by atoms with Crippen LogP contribution in [0.3, 0.4) is 0 Å². The lowest BCUT2D eigenvalue weighted by Crippen LogP contribution is -2.17. The predicted molar refractivity (Wildman–Crippen MR) is 64.5 cm³/mol. The van der Waals surface area contributed by atoms with Crippen molar-refractivity contribution in [1.82, 2.24) is 5.32 Å². The van der Waals surface area contributed by atoms with E-state index in [0.29, 0.717) is 6.61 Å². The van der Waals surface area contributed by atoms with E-state index in [1.807, 2.05) is 30.3 Å². The molecule has 90 valence electrons. The molecule has 4 nitrogen and oxygen atoms in total. The average molecular weight is 233 g/mol. The number of carbonyl (C=O) groups is 2. The SMILES string of the molecule is C=CC(C)=O.O=C1N[C@@H](c2ccccc2)CO1. The van der Waals surface area contributed by atoms with Gasteiger partial charge in [0.2, 0.25) is 0 Å². The number of allylic oxidation sites excluding steroid dienone is 1. The molecule has 1 aliphatic rings. The Morgan fingerprint density at radius 3 is 2.47 bits per heavy atom. The number of benzene rings is 1. The maximum Gasteiger partial charge on any atom is 0.407 e. The lowest BCUT2D eigenvalue weighted by molar-refractivity contribution is -0.112. The molecule has 1 N–H and O–H groups in total. The second-order valence-electron chi connectivity index (χ2n) is 3.52. The Morgan fingerprint density at radius 2 is 2.06 bits per heavy atom. The van der Waals surface area contributed by atoms with Crippen LogP contribution < -0.4 is 5.32 Å². The molecule has 17 heavy (non-hydrogen) atoms. The molecule has 0 spiro atoms. The first kappa shape index (κ1) is 13.0. The van der Waals surface area contributed by atoms with Crippen LogP contribution in [-0.2, 0) is 9.53 Å². The minimum absolute atomic E-state index is 0.0185. The summed E-state index contributed by atoms with van der Waals surface area (Å²) in [5, 5.41) is 2.71. The molecule has 0 aromatic heterocycles. The fourth-order valence-electron chi connectivity index (χ4n) is 1.25. The number of nitrogens with one attached hydrogen (secondary N) is 1. The average Bonchev–Trinajstić information content (AvgIpc) is 2.78. The molecule has 1 aromatic rings. The summed E-state index contributed by atoms with van der Waals surface area (Å²) >= 11 is 0. The zero-order chi connectivity index (χ0) is 12.7. The van der Waals surface area contributed by atoms with Gasteiger partial charge in [0.1, 0.15) is 6.61 Å². The van der Waals surface area contributed by atoms with Gasteiger partial charge in [-0.2, -0.15) is 0 Å². The van der Waals surface area contributed by atoms with E-state index < -0.39 is 0 Å². The minimum Gasteiger partial charge on any atom is -0.447 e. The number of ether oxygens (including phenoxy) is 1. The molecule has 0 bridgehead atoms. The van der Waals surface area contributed by atoms with Crippen LogP contribution in [0.25, 0.3) is 0 Å². The lowest BCUT2D eigenvalue weighted by Gasteiger charge is -2.05. The van der Waals surface area contributed by atoms with Gasteiger partial charge in [-0.1, -0.05) is 36.9 Å². The van der Waals surface area contributed by atoms with Crippen molar-refractivity contribution in [3.05, 3.63) is 48.6 Å². The van der Waals surface area contributed by atoms with Crippen LogP contribution in [0.2, 0.25) is 0 Å². The molecular formula is C13H15NO3. The number of cyclic esters (lactones) is 1. The second-order valence-corrected chi connectivity index (χ2v) is 3.52. The van der Waals surface area contributed by atoms with E-state index in [-0.39, 0.29) is 17.9 Å². The monoisotopic (exact) mass is 233 g/mol.